The molecule has 1 heterocycles. The first kappa shape index (κ1) is 25.3. The molecule has 2 aromatic carbocycles. The number of anilines is 1. The molecule has 3 rings (SSSR count). The van der Waals surface area contributed by atoms with Crippen LogP contribution in [0.25, 0.3) is 0 Å². The molecule has 1 fully saturated rings. The van der Waals surface area contributed by atoms with E-state index in [4.69, 9.17) is 9.84 Å². The number of ether oxygens (including phenoxy) is 1. The Labute approximate surface area is 182 Å². The third-order valence-electron chi connectivity index (χ3n) is 4.80. The normalized spacial score (nSPS) is 13.3. The summed E-state index contributed by atoms with van der Waals surface area (Å²) in [5, 5.41) is 11.6. The number of nitrogens with zero attached hydrogens (tertiary/aromatic N) is 1. The summed E-state index contributed by atoms with van der Waals surface area (Å²) >= 11 is 0. The Morgan fingerprint density at radius 1 is 1.13 bits per heavy atom. The lowest BCUT2D eigenvalue weighted by Gasteiger charge is -2.20. The molecular weight excluding hydrogens is 376 g/mol. The van der Waals surface area contributed by atoms with Gasteiger partial charge in [-0.05, 0) is 74.6 Å². The van der Waals surface area contributed by atoms with Gasteiger partial charge >= 0.3 is 0 Å². The Kier molecular flexibility index (Phi) is 12.1. The van der Waals surface area contributed by atoms with E-state index in [0.717, 1.165) is 24.3 Å². The fourth-order valence-corrected chi connectivity index (χ4v) is 3.21. The van der Waals surface area contributed by atoms with Crippen LogP contribution in [-0.4, -0.2) is 31.2 Å². The van der Waals surface area contributed by atoms with Crippen LogP contribution in [0.3, 0.4) is 0 Å². The number of carbonyl (C=O) groups excluding carboxylic acids is 1. The van der Waals surface area contributed by atoms with Crippen LogP contribution < -0.4 is 15.0 Å². The molecule has 1 saturated heterocycles. The largest absolute Gasteiger partial charge is 0.508 e. The second-order valence-corrected chi connectivity index (χ2v) is 7.09. The molecule has 0 bridgehead atoms. The van der Waals surface area contributed by atoms with Gasteiger partial charge in [-0.2, -0.15) is 0 Å². The van der Waals surface area contributed by atoms with E-state index in [0.29, 0.717) is 6.41 Å². The number of phenols is 1. The average molecular weight is 415 g/mol. The molecule has 30 heavy (non-hydrogen) atoms. The van der Waals surface area contributed by atoms with E-state index in [1.807, 2.05) is 20.8 Å². The minimum Gasteiger partial charge on any atom is -0.508 e. The summed E-state index contributed by atoms with van der Waals surface area (Å²) in [6, 6.07) is 13.2. The van der Waals surface area contributed by atoms with Crippen molar-refractivity contribution >= 4 is 12.1 Å². The van der Waals surface area contributed by atoms with Crippen molar-refractivity contribution in [3.05, 3.63) is 53.6 Å². The maximum Gasteiger partial charge on any atom is 0.207 e. The zero-order valence-corrected chi connectivity index (χ0v) is 19.1. The number of aryl methyl sites for hydroxylation is 1. The van der Waals surface area contributed by atoms with Gasteiger partial charge in [-0.25, -0.2) is 0 Å². The van der Waals surface area contributed by atoms with E-state index in [-0.39, 0.29) is 11.8 Å². The second-order valence-electron chi connectivity index (χ2n) is 7.09. The predicted molar refractivity (Wildman–Crippen MR) is 125 cm³/mol. The topological polar surface area (TPSA) is 61.8 Å². The summed E-state index contributed by atoms with van der Waals surface area (Å²) in [5.41, 5.74) is 3.68. The number of carbonyl (C=O) groups is 1. The summed E-state index contributed by atoms with van der Waals surface area (Å²) in [5.74, 6) is 1.24. The number of benzene rings is 2. The Morgan fingerprint density at radius 2 is 1.77 bits per heavy atom. The Morgan fingerprint density at radius 3 is 2.30 bits per heavy atom. The molecule has 0 radical (unpaired) electrons. The number of hydrogen-bond donors (Lipinski definition) is 2. The minimum atomic E-state index is -0.0110. The van der Waals surface area contributed by atoms with E-state index in [2.05, 4.69) is 42.3 Å². The molecule has 5 heteroatoms. The Bertz CT molecular complexity index is 726. The first-order chi connectivity index (χ1) is 14.5. The lowest BCUT2D eigenvalue weighted by atomic mass is 10.1. The highest BCUT2D eigenvalue weighted by atomic mass is 16.5. The molecule has 1 unspecified atom stereocenters. The fraction of sp³-hybridized carbons (Fsp3) is 0.480. The summed E-state index contributed by atoms with van der Waals surface area (Å²) in [7, 11) is 0. The molecule has 1 aliphatic rings. The zero-order valence-electron chi connectivity index (χ0n) is 19.1. The summed E-state index contributed by atoms with van der Waals surface area (Å²) in [4.78, 5) is 12.6. The molecule has 0 aliphatic carbocycles. The van der Waals surface area contributed by atoms with Crippen molar-refractivity contribution in [1.82, 2.24) is 5.32 Å². The van der Waals surface area contributed by atoms with E-state index in [9.17, 15) is 4.79 Å². The van der Waals surface area contributed by atoms with E-state index < -0.39 is 0 Å². The highest BCUT2D eigenvalue weighted by Crippen LogP contribution is 2.27. The number of amides is 1. The van der Waals surface area contributed by atoms with Gasteiger partial charge in [-0.1, -0.05) is 32.9 Å². The fourth-order valence-electron chi connectivity index (χ4n) is 3.21. The van der Waals surface area contributed by atoms with Gasteiger partial charge in [0.1, 0.15) is 11.5 Å². The Balaban J connectivity index is 0.000000287. The molecule has 5 nitrogen and oxygen atoms in total. The molecular formula is C25H38N2O3. The van der Waals surface area contributed by atoms with Gasteiger partial charge < -0.3 is 20.1 Å². The van der Waals surface area contributed by atoms with Crippen molar-refractivity contribution in [2.24, 2.45) is 0 Å². The van der Waals surface area contributed by atoms with Gasteiger partial charge in [0.25, 0.3) is 0 Å². The van der Waals surface area contributed by atoms with Crippen molar-refractivity contribution in [1.29, 1.82) is 0 Å². The number of hydrogen-bond acceptors (Lipinski definition) is 4. The van der Waals surface area contributed by atoms with Gasteiger partial charge in [0, 0.05) is 18.8 Å². The predicted octanol–water partition coefficient (Wildman–Crippen LogP) is 5.61. The van der Waals surface area contributed by atoms with Gasteiger partial charge in [-0.3, -0.25) is 4.79 Å². The van der Waals surface area contributed by atoms with Crippen LogP contribution in [0.4, 0.5) is 5.69 Å². The Hall–Kier alpha value is -2.69. The second kappa shape index (κ2) is 14.3. The van der Waals surface area contributed by atoms with Crippen LogP contribution in [0.5, 0.6) is 11.5 Å². The van der Waals surface area contributed by atoms with E-state index in [1.54, 1.807) is 24.3 Å². The van der Waals surface area contributed by atoms with Crippen LogP contribution in [0, 0.1) is 6.92 Å². The summed E-state index contributed by atoms with van der Waals surface area (Å²) in [6.07, 6.45) is 4.38. The highest BCUT2D eigenvalue weighted by molar-refractivity contribution is 5.56. The smallest absolute Gasteiger partial charge is 0.207 e. The molecule has 1 atom stereocenters. The zero-order chi connectivity index (χ0) is 22.4. The van der Waals surface area contributed by atoms with Crippen molar-refractivity contribution in [2.45, 2.75) is 59.9 Å². The van der Waals surface area contributed by atoms with Crippen LogP contribution in [0.2, 0.25) is 0 Å². The number of aromatic hydroxyl groups is 1. The number of nitrogens with one attached hydrogen (secondary N) is 1. The molecule has 0 spiro atoms. The number of phenolic OH excluding ortho intramolecular Hbond substituents is 1. The minimum absolute atomic E-state index is 0.0110. The van der Waals surface area contributed by atoms with E-state index >= 15 is 0 Å². The summed E-state index contributed by atoms with van der Waals surface area (Å²) < 4.78 is 5.64. The van der Waals surface area contributed by atoms with Gasteiger partial charge in [0.05, 0.1) is 12.6 Å². The molecule has 2 N–H and O–H groups in total. The van der Waals surface area contributed by atoms with E-state index in [1.165, 1.54) is 37.2 Å². The maximum absolute atomic E-state index is 10.1. The van der Waals surface area contributed by atoms with Crippen LogP contribution >= 0.6 is 0 Å². The lowest BCUT2D eigenvalue weighted by Crippen LogP contribution is -2.18. The molecule has 166 valence electrons. The molecule has 1 aliphatic heterocycles. The number of rotatable bonds is 7. The first-order valence-electron chi connectivity index (χ1n) is 11.0. The average Bonchev–Trinajstić information content (AvgIpc) is 3.29. The maximum atomic E-state index is 10.1. The highest BCUT2D eigenvalue weighted by Gasteiger charge is 2.14. The SMILES string of the molecule is CC.CC(NC=O)c1ccc(O)cc1.CCCOc1ccc(N2CCCC2)c(C)c1. The third-order valence-corrected chi connectivity index (χ3v) is 4.80. The van der Waals surface area contributed by atoms with Crippen molar-refractivity contribution in [3.63, 3.8) is 0 Å². The molecule has 0 saturated carbocycles. The van der Waals surface area contributed by atoms with Gasteiger partial charge in [0.2, 0.25) is 6.41 Å². The van der Waals surface area contributed by atoms with Crippen LogP contribution in [0.15, 0.2) is 42.5 Å². The van der Waals surface area contributed by atoms with Crippen LogP contribution in [-0.2, 0) is 4.79 Å². The molecule has 0 aromatic heterocycles. The lowest BCUT2D eigenvalue weighted by molar-refractivity contribution is -0.110. The standard InChI is InChI=1S/C14H21NO.C9H11NO2.C2H6/c1-3-10-16-13-6-7-14(12(2)11-13)15-8-4-5-9-15;1-7(10-6-11)8-2-4-9(12)5-3-8;1-2/h6-7,11H,3-5,8-10H2,1-2H3;2-7,12H,1H3,(H,10,11);1-2H3. The van der Waals surface area contributed by atoms with Crippen molar-refractivity contribution in [3.8, 4) is 11.5 Å². The van der Waals surface area contributed by atoms with Gasteiger partial charge in [0.15, 0.2) is 0 Å². The van der Waals surface area contributed by atoms with Crippen LogP contribution in [0.1, 0.15) is 64.1 Å². The summed E-state index contributed by atoms with van der Waals surface area (Å²) in [6.45, 7) is 13.4. The van der Waals surface area contributed by atoms with Crippen molar-refractivity contribution < 1.29 is 14.6 Å². The third kappa shape index (κ3) is 8.36. The van der Waals surface area contributed by atoms with Crippen molar-refractivity contribution in [2.75, 3.05) is 24.6 Å². The monoisotopic (exact) mass is 414 g/mol. The molecule has 1 amide bonds. The first-order valence-corrected chi connectivity index (χ1v) is 11.0. The molecule has 2 aromatic rings. The van der Waals surface area contributed by atoms with Gasteiger partial charge in [-0.15, -0.1) is 0 Å². The quantitative estimate of drug-likeness (QED) is 0.578.